The summed E-state index contributed by atoms with van der Waals surface area (Å²) in [5, 5.41) is 4.26. The molecular weight excluding hydrogens is 408 g/mol. The van der Waals surface area contributed by atoms with E-state index in [0.717, 1.165) is 82.0 Å². The molecule has 8 heteroatoms. The van der Waals surface area contributed by atoms with Crippen LogP contribution in [0.15, 0.2) is 12.4 Å². The largest absolute Gasteiger partial charge is 0.474 e. The minimum atomic E-state index is -0.367. The molecule has 1 spiro atoms. The third-order valence-corrected chi connectivity index (χ3v) is 6.87. The van der Waals surface area contributed by atoms with Gasteiger partial charge in [-0.15, -0.1) is 0 Å². The van der Waals surface area contributed by atoms with Crippen molar-refractivity contribution in [3.63, 3.8) is 0 Å². The lowest BCUT2D eigenvalue weighted by molar-refractivity contribution is -0.178. The highest BCUT2D eigenvalue weighted by Crippen LogP contribution is 2.44. The van der Waals surface area contributed by atoms with Gasteiger partial charge in [0.05, 0.1) is 37.3 Å². The Morgan fingerprint density at radius 2 is 1.81 bits per heavy atom. The smallest absolute Gasteiger partial charge is 0.224 e. The first-order chi connectivity index (χ1) is 15.8. The number of pyridine rings is 1. The molecule has 0 atom stereocenters. The Labute approximate surface area is 189 Å². The Hall–Kier alpha value is -2.03. The molecule has 0 bridgehead atoms. The topological polar surface area (TPSA) is 87.6 Å². The minimum Gasteiger partial charge on any atom is -0.474 e. The Morgan fingerprint density at radius 3 is 2.56 bits per heavy atom. The number of rotatable bonds is 7. The van der Waals surface area contributed by atoms with Crippen molar-refractivity contribution in [1.82, 2.24) is 15.0 Å². The highest BCUT2D eigenvalue weighted by Gasteiger charge is 2.41. The van der Waals surface area contributed by atoms with Crippen molar-refractivity contribution in [2.45, 2.75) is 76.1 Å². The lowest BCUT2D eigenvalue weighted by Crippen LogP contribution is -2.34. The molecule has 0 radical (unpaired) electrons. The zero-order valence-corrected chi connectivity index (χ0v) is 19.0. The summed E-state index contributed by atoms with van der Waals surface area (Å²) >= 11 is 0. The SMILES string of the molecule is CCCCNc1ncc2c(OC3CCOCC3)ncc(C3CCC4(CC3)OCCO4)c2n1. The molecule has 5 rings (SSSR count). The third kappa shape index (κ3) is 4.67. The zero-order valence-electron chi connectivity index (χ0n) is 19.0. The lowest BCUT2D eigenvalue weighted by atomic mass is 9.81. The second-order valence-corrected chi connectivity index (χ2v) is 9.07. The molecule has 0 amide bonds. The fourth-order valence-electron chi connectivity index (χ4n) is 4.98. The summed E-state index contributed by atoms with van der Waals surface area (Å²) in [6.07, 6.45) is 11.8. The molecule has 1 saturated carbocycles. The molecule has 3 fully saturated rings. The summed E-state index contributed by atoms with van der Waals surface area (Å²) in [4.78, 5) is 14.2. The highest BCUT2D eigenvalue weighted by atomic mass is 16.7. The molecule has 2 aromatic rings. The number of unbranched alkanes of at least 4 members (excludes halogenated alkanes) is 1. The van der Waals surface area contributed by atoms with E-state index in [0.29, 0.717) is 31.0 Å². The normalized spacial score (nSPS) is 21.9. The van der Waals surface area contributed by atoms with Gasteiger partial charge in [0.1, 0.15) is 6.10 Å². The molecule has 0 unspecified atom stereocenters. The van der Waals surface area contributed by atoms with Crippen LogP contribution in [0.1, 0.15) is 69.8 Å². The van der Waals surface area contributed by atoms with E-state index < -0.39 is 0 Å². The quantitative estimate of drug-likeness (QED) is 0.639. The Balaban J connectivity index is 1.42. The van der Waals surface area contributed by atoms with Gasteiger partial charge in [0.15, 0.2) is 5.79 Å². The number of aromatic nitrogens is 3. The number of anilines is 1. The number of fused-ring (bicyclic) bond motifs is 1. The first-order valence-electron chi connectivity index (χ1n) is 12.2. The van der Waals surface area contributed by atoms with Crippen LogP contribution >= 0.6 is 0 Å². The summed E-state index contributed by atoms with van der Waals surface area (Å²) in [7, 11) is 0. The third-order valence-electron chi connectivity index (χ3n) is 6.87. The molecule has 4 heterocycles. The fraction of sp³-hybridized carbons (Fsp3) is 0.708. The van der Waals surface area contributed by atoms with Crippen LogP contribution in [0.4, 0.5) is 5.95 Å². The first-order valence-corrected chi connectivity index (χ1v) is 12.2. The van der Waals surface area contributed by atoms with E-state index in [9.17, 15) is 0 Å². The van der Waals surface area contributed by atoms with Gasteiger partial charge in [-0.25, -0.2) is 15.0 Å². The van der Waals surface area contributed by atoms with E-state index in [1.807, 2.05) is 12.4 Å². The molecule has 0 aromatic carbocycles. The van der Waals surface area contributed by atoms with Crippen molar-refractivity contribution in [2.24, 2.45) is 0 Å². The van der Waals surface area contributed by atoms with Gasteiger partial charge in [-0.2, -0.15) is 0 Å². The van der Waals surface area contributed by atoms with Gasteiger partial charge in [0.25, 0.3) is 0 Å². The average molecular weight is 443 g/mol. The molecule has 1 aliphatic carbocycles. The summed E-state index contributed by atoms with van der Waals surface area (Å²) in [6.45, 7) is 5.92. The van der Waals surface area contributed by atoms with Gasteiger partial charge < -0.3 is 24.3 Å². The highest BCUT2D eigenvalue weighted by molar-refractivity contribution is 5.86. The van der Waals surface area contributed by atoms with Gasteiger partial charge >= 0.3 is 0 Å². The molecule has 174 valence electrons. The number of nitrogens with zero attached hydrogens (tertiary/aromatic N) is 3. The van der Waals surface area contributed by atoms with Gasteiger partial charge in [0, 0.05) is 50.2 Å². The Bertz CT molecular complexity index is 902. The van der Waals surface area contributed by atoms with E-state index in [-0.39, 0.29) is 11.9 Å². The first kappa shape index (κ1) is 21.8. The fourth-order valence-corrected chi connectivity index (χ4v) is 4.98. The number of nitrogens with one attached hydrogen (secondary N) is 1. The Kier molecular flexibility index (Phi) is 6.71. The maximum Gasteiger partial charge on any atom is 0.224 e. The predicted octanol–water partition coefficient (Wildman–Crippen LogP) is 4.20. The van der Waals surface area contributed by atoms with E-state index in [1.54, 1.807) is 0 Å². The maximum absolute atomic E-state index is 6.29. The van der Waals surface area contributed by atoms with Crippen LogP contribution in [0.2, 0.25) is 0 Å². The van der Waals surface area contributed by atoms with Crippen LogP contribution in [0.5, 0.6) is 5.88 Å². The molecule has 32 heavy (non-hydrogen) atoms. The van der Waals surface area contributed by atoms with Crippen molar-refractivity contribution >= 4 is 16.9 Å². The van der Waals surface area contributed by atoms with Crippen molar-refractivity contribution in [3.8, 4) is 5.88 Å². The molecular formula is C24H34N4O4. The van der Waals surface area contributed by atoms with E-state index >= 15 is 0 Å². The molecule has 2 saturated heterocycles. The number of hydrogen-bond donors (Lipinski definition) is 1. The second kappa shape index (κ2) is 9.85. The van der Waals surface area contributed by atoms with Crippen molar-refractivity contribution in [3.05, 3.63) is 18.0 Å². The maximum atomic E-state index is 6.29. The van der Waals surface area contributed by atoms with Crippen molar-refractivity contribution in [2.75, 3.05) is 38.3 Å². The zero-order chi connectivity index (χ0) is 21.8. The number of hydrogen-bond acceptors (Lipinski definition) is 8. The van der Waals surface area contributed by atoms with E-state index in [2.05, 4.69) is 17.2 Å². The Morgan fingerprint density at radius 1 is 1.03 bits per heavy atom. The van der Waals surface area contributed by atoms with Crippen LogP contribution in [0.25, 0.3) is 10.9 Å². The average Bonchev–Trinajstić information content (AvgIpc) is 3.29. The number of ether oxygens (including phenoxy) is 4. The molecule has 1 N–H and O–H groups in total. The molecule has 2 aliphatic heterocycles. The van der Waals surface area contributed by atoms with Crippen LogP contribution in [0, 0.1) is 0 Å². The summed E-state index contributed by atoms with van der Waals surface area (Å²) in [5.41, 5.74) is 2.12. The minimum absolute atomic E-state index is 0.124. The van der Waals surface area contributed by atoms with Crippen LogP contribution in [0.3, 0.4) is 0 Å². The second-order valence-electron chi connectivity index (χ2n) is 9.07. The standard InChI is InChI=1S/C24H34N4O4/c1-2-3-10-25-23-27-16-20-21(28-23)19(15-26-22(20)32-18-6-11-29-12-7-18)17-4-8-24(9-5-17)30-13-14-31-24/h15-18H,2-14H2,1H3,(H,25,27,28). The predicted molar refractivity (Wildman–Crippen MR) is 121 cm³/mol. The van der Waals surface area contributed by atoms with Crippen LogP contribution < -0.4 is 10.1 Å². The van der Waals surface area contributed by atoms with E-state index in [4.69, 9.17) is 28.9 Å². The van der Waals surface area contributed by atoms with Crippen LogP contribution in [-0.4, -0.2) is 59.8 Å². The van der Waals surface area contributed by atoms with Crippen LogP contribution in [-0.2, 0) is 14.2 Å². The van der Waals surface area contributed by atoms with Crippen molar-refractivity contribution in [1.29, 1.82) is 0 Å². The summed E-state index contributed by atoms with van der Waals surface area (Å²) < 4.78 is 23.6. The summed E-state index contributed by atoms with van der Waals surface area (Å²) in [5.74, 6) is 1.31. The van der Waals surface area contributed by atoms with E-state index in [1.165, 1.54) is 5.56 Å². The lowest BCUT2D eigenvalue weighted by Gasteiger charge is -2.35. The molecule has 2 aromatic heterocycles. The monoisotopic (exact) mass is 442 g/mol. The molecule has 8 nitrogen and oxygen atoms in total. The van der Waals surface area contributed by atoms with Crippen molar-refractivity contribution < 1.29 is 18.9 Å². The van der Waals surface area contributed by atoms with Gasteiger partial charge in [-0.3, -0.25) is 0 Å². The van der Waals surface area contributed by atoms with Gasteiger partial charge in [-0.05, 0) is 25.2 Å². The summed E-state index contributed by atoms with van der Waals surface area (Å²) in [6, 6.07) is 0. The van der Waals surface area contributed by atoms with Gasteiger partial charge in [0.2, 0.25) is 11.8 Å². The molecule has 3 aliphatic rings. The van der Waals surface area contributed by atoms with Gasteiger partial charge in [-0.1, -0.05) is 13.3 Å².